The number of aliphatic hydroxyl groups is 4. The van der Waals surface area contributed by atoms with Crippen LogP contribution in [0, 0.1) is 11.8 Å². The molecule has 13 atom stereocenters. The normalized spacial score (nSPS) is 49.7. The van der Waals surface area contributed by atoms with Gasteiger partial charge in [-0.1, -0.05) is 24.3 Å². The van der Waals surface area contributed by atoms with Crippen molar-refractivity contribution in [3.8, 4) is 0 Å². The van der Waals surface area contributed by atoms with Gasteiger partial charge in [0, 0.05) is 18.9 Å². The highest BCUT2D eigenvalue weighted by Gasteiger charge is 2.75. The number of aliphatic hydroxyl groups excluding tert-OH is 4. The van der Waals surface area contributed by atoms with Crippen LogP contribution in [-0.4, -0.2) is 98.7 Å². The average Bonchev–Trinajstić information content (AvgIpc) is 3.36. The summed E-state index contributed by atoms with van der Waals surface area (Å²) in [4.78, 5) is 19.8. The molecule has 1 aromatic carbocycles. The molecule has 10 heteroatoms. The lowest BCUT2D eigenvalue weighted by Gasteiger charge is -2.59. The van der Waals surface area contributed by atoms with Gasteiger partial charge in [0.15, 0.2) is 6.29 Å². The molecule has 1 aromatic rings. The third-order valence-corrected chi connectivity index (χ3v) is 9.62. The maximum absolute atomic E-state index is 12.4. The lowest BCUT2D eigenvalue weighted by atomic mass is 9.66. The van der Waals surface area contributed by atoms with Crippen molar-refractivity contribution in [3.05, 3.63) is 41.5 Å². The maximum Gasteiger partial charge on any atom is 0.302 e. The van der Waals surface area contributed by atoms with E-state index in [0.29, 0.717) is 0 Å². The van der Waals surface area contributed by atoms with E-state index in [1.165, 1.54) is 6.92 Å². The molecule has 37 heavy (non-hydrogen) atoms. The molecule has 7 aliphatic rings. The SMILES string of the molecule is C/C=C1\C2C[C@H]3C4=Nc5ccccc5C45C[C@@H](C2C5OC(C)=O)N3[C@@H]1O[C@@H]1O[C@H](CO)[C@@H](O)[C@H](O)[C@H]1O. The van der Waals surface area contributed by atoms with E-state index < -0.39 is 49.0 Å². The number of esters is 1. The number of benzene rings is 1. The fraction of sp³-hybridized carbons (Fsp3) is 0.630. The van der Waals surface area contributed by atoms with Gasteiger partial charge >= 0.3 is 5.97 Å². The van der Waals surface area contributed by atoms with Gasteiger partial charge in [0.25, 0.3) is 0 Å². The van der Waals surface area contributed by atoms with Crippen molar-refractivity contribution in [2.24, 2.45) is 16.8 Å². The van der Waals surface area contributed by atoms with E-state index in [2.05, 4.69) is 11.0 Å². The minimum absolute atomic E-state index is 0.0495. The number of ether oxygens (including phenoxy) is 3. The fourth-order valence-electron chi connectivity index (χ4n) is 8.32. The number of fused-ring (bicyclic) bond motifs is 2. The highest BCUT2D eigenvalue weighted by atomic mass is 16.7. The maximum atomic E-state index is 12.4. The Morgan fingerprint density at radius 2 is 2.03 bits per heavy atom. The first-order valence-electron chi connectivity index (χ1n) is 13.1. The molecule has 198 valence electrons. The zero-order chi connectivity index (χ0) is 25.8. The second kappa shape index (κ2) is 8.16. The van der Waals surface area contributed by atoms with E-state index in [1.807, 2.05) is 31.2 Å². The number of allylic oxidation sites excluding steroid dienone is 1. The summed E-state index contributed by atoms with van der Waals surface area (Å²) in [7, 11) is 0. The van der Waals surface area contributed by atoms with Crippen LogP contribution in [0.4, 0.5) is 5.69 Å². The molecule has 5 saturated heterocycles. The van der Waals surface area contributed by atoms with E-state index in [0.717, 1.165) is 35.4 Å². The molecule has 1 saturated carbocycles. The monoisotopic (exact) mass is 512 g/mol. The Hall–Kier alpha value is -2.18. The third kappa shape index (κ3) is 2.95. The van der Waals surface area contributed by atoms with Crippen molar-refractivity contribution < 1.29 is 39.4 Å². The van der Waals surface area contributed by atoms with Crippen LogP contribution in [0.25, 0.3) is 0 Å². The van der Waals surface area contributed by atoms with Crippen LogP contribution in [0.2, 0.25) is 0 Å². The predicted octanol–water partition coefficient (Wildman–Crippen LogP) is 0.137. The summed E-state index contributed by atoms with van der Waals surface area (Å²) < 4.78 is 18.3. The quantitative estimate of drug-likeness (QED) is 0.327. The lowest BCUT2D eigenvalue weighted by Crippen LogP contribution is -2.70. The summed E-state index contributed by atoms with van der Waals surface area (Å²) in [6.07, 6.45) is -4.07. The van der Waals surface area contributed by atoms with Gasteiger partial charge in [-0.3, -0.25) is 14.7 Å². The van der Waals surface area contributed by atoms with Gasteiger partial charge in [0.1, 0.15) is 36.7 Å². The Labute approximate surface area is 214 Å². The molecule has 4 N–H and O–H groups in total. The summed E-state index contributed by atoms with van der Waals surface area (Å²) in [5, 5.41) is 40.9. The van der Waals surface area contributed by atoms with Gasteiger partial charge in [0.05, 0.1) is 29.5 Å². The van der Waals surface area contributed by atoms with Crippen LogP contribution in [0.15, 0.2) is 40.9 Å². The molecule has 8 rings (SSSR count). The number of para-hydroxylation sites is 1. The predicted molar refractivity (Wildman–Crippen MR) is 129 cm³/mol. The highest BCUT2D eigenvalue weighted by Crippen LogP contribution is 2.67. The summed E-state index contributed by atoms with van der Waals surface area (Å²) in [6.45, 7) is 2.89. The number of piperidine rings is 4. The second-order valence-corrected chi connectivity index (χ2v) is 11.1. The highest BCUT2D eigenvalue weighted by molar-refractivity contribution is 6.08. The van der Waals surface area contributed by atoms with Crippen molar-refractivity contribution in [3.63, 3.8) is 0 Å². The molecule has 1 spiro atoms. The Balaban J connectivity index is 1.30. The molecule has 1 aliphatic carbocycles. The van der Waals surface area contributed by atoms with Crippen LogP contribution < -0.4 is 0 Å². The molecule has 0 aromatic heterocycles. The van der Waals surface area contributed by atoms with Crippen LogP contribution in [0.3, 0.4) is 0 Å². The summed E-state index contributed by atoms with van der Waals surface area (Å²) in [6, 6.07) is 8.10. The Kier molecular flexibility index (Phi) is 5.27. The molecule has 5 unspecified atom stereocenters. The van der Waals surface area contributed by atoms with E-state index in [-0.39, 0.29) is 36.0 Å². The van der Waals surface area contributed by atoms with Crippen molar-refractivity contribution in [1.29, 1.82) is 0 Å². The van der Waals surface area contributed by atoms with Crippen molar-refractivity contribution in [2.75, 3.05) is 6.61 Å². The number of carbonyl (C=O) groups excluding carboxylic acids is 1. The number of aliphatic imine (C=N–C) groups is 1. The number of hydrogen-bond acceptors (Lipinski definition) is 10. The average molecular weight is 513 g/mol. The first-order chi connectivity index (χ1) is 17.8. The standard InChI is InChI=1S/C27H32N2O8/c1-3-12-13-8-16-23-27(14-6-4-5-7-15(14)28-23)9-17(19(13)24(27)35-11(2)31)29(16)25(12)37-26-22(34)21(33)20(32)18(10-30)36-26/h3-7,13,16-22,24-26,30,32-34H,8-10H2,1-2H3/b12-3+/t13?,16-,17-,18+,19?,20+,21-,22+,24?,25+,26-,27?/m0/s1. The zero-order valence-corrected chi connectivity index (χ0v) is 20.7. The van der Waals surface area contributed by atoms with Gasteiger partial charge in [0.2, 0.25) is 0 Å². The molecule has 0 radical (unpaired) electrons. The van der Waals surface area contributed by atoms with Crippen LogP contribution in [0.1, 0.15) is 32.3 Å². The first-order valence-corrected chi connectivity index (χ1v) is 13.1. The molecule has 6 aliphatic heterocycles. The molecule has 6 fully saturated rings. The van der Waals surface area contributed by atoms with Crippen LogP contribution >= 0.6 is 0 Å². The molecular weight excluding hydrogens is 480 g/mol. The topological polar surface area (TPSA) is 141 Å². The zero-order valence-electron chi connectivity index (χ0n) is 20.7. The molecular formula is C27H32N2O8. The van der Waals surface area contributed by atoms with E-state index in [1.54, 1.807) is 0 Å². The van der Waals surface area contributed by atoms with Crippen LogP contribution in [0.5, 0.6) is 0 Å². The Morgan fingerprint density at radius 1 is 1.24 bits per heavy atom. The largest absolute Gasteiger partial charge is 0.461 e. The summed E-state index contributed by atoms with van der Waals surface area (Å²) in [5.41, 5.74) is 3.57. The number of hydrogen-bond donors (Lipinski definition) is 4. The Bertz CT molecular complexity index is 1200. The van der Waals surface area contributed by atoms with Gasteiger partial charge in [-0.05, 0) is 42.9 Å². The van der Waals surface area contributed by atoms with Gasteiger partial charge in [-0.15, -0.1) is 0 Å². The lowest BCUT2D eigenvalue weighted by molar-refractivity contribution is -0.328. The van der Waals surface area contributed by atoms with Gasteiger partial charge < -0.3 is 34.6 Å². The van der Waals surface area contributed by atoms with E-state index in [9.17, 15) is 25.2 Å². The van der Waals surface area contributed by atoms with Gasteiger partial charge in [-0.25, -0.2) is 0 Å². The molecule has 10 nitrogen and oxygen atoms in total. The smallest absolute Gasteiger partial charge is 0.302 e. The molecule has 6 heterocycles. The third-order valence-electron chi connectivity index (χ3n) is 9.62. The summed E-state index contributed by atoms with van der Waals surface area (Å²) in [5.74, 6) is -0.176. The molecule has 5 bridgehead atoms. The first kappa shape index (κ1) is 23.9. The minimum Gasteiger partial charge on any atom is -0.461 e. The second-order valence-electron chi connectivity index (χ2n) is 11.1. The molecule has 0 amide bonds. The van der Waals surface area contributed by atoms with E-state index in [4.69, 9.17) is 19.2 Å². The van der Waals surface area contributed by atoms with Crippen molar-refractivity contribution >= 4 is 17.4 Å². The number of rotatable bonds is 4. The fourth-order valence-corrected chi connectivity index (χ4v) is 8.32. The van der Waals surface area contributed by atoms with E-state index >= 15 is 0 Å². The number of nitrogens with zero attached hydrogens (tertiary/aromatic N) is 2. The summed E-state index contributed by atoms with van der Waals surface area (Å²) >= 11 is 0. The van der Waals surface area contributed by atoms with Gasteiger partial charge in [-0.2, -0.15) is 0 Å². The Morgan fingerprint density at radius 3 is 2.76 bits per heavy atom. The minimum atomic E-state index is -1.52. The number of carbonyl (C=O) groups is 1. The van der Waals surface area contributed by atoms with Crippen molar-refractivity contribution in [2.45, 2.75) is 87.2 Å². The van der Waals surface area contributed by atoms with Crippen LogP contribution in [-0.2, 0) is 24.4 Å². The van der Waals surface area contributed by atoms with Crippen molar-refractivity contribution in [1.82, 2.24) is 4.90 Å².